The van der Waals surface area contributed by atoms with E-state index in [1.807, 2.05) is 44.2 Å². The Morgan fingerprint density at radius 2 is 2.00 bits per heavy atom. The standard InChI is InChI=1S/C24H25FN4O3/c1-15-21(12-26-16(2)28-15)32-14-24(18-7-5-4-6-8-18)10-19(24)23(30)29-22-9-17(13-31-3)20(25)11-27-22/h4-9,11-12,19H,10,13-14H2,1-3H3,(H,27,29,30)/t19-,24+/m0/s1. The molecule has 2 heterocycles. The van der Waals surface area contributed by atoms with Crippen molar-refractivity contribution in [3.63, 3.8) is 0 Å². The van der Waals surface area contributed by atoms with Gasteiger partial charge >= 0.3 is 0 Å². The van der Waals surface area contributed by atoms with Crippen LogP contribution in [0.5, 0.6) is 5.75 Å². The Morgan fingerprint density at radius 1 is 1.22 bits per heavy atom. The van der Waals surface area contributed by atoms with Crippen molar-refractivity contribution >= 4 is 11.7 Å². The molecule has 3 aromatic rings. The number of hydrogen-bond donors (Lipinski definition) is 1. The summed E-state index contributed by atoms with van der Waals surface area (Å²) in [6.07, 6.45) is 3.37. The van der Waals surface area contributed by atoms with Crippen LogP contribution in [0.4, 0.5) is 10.2 Å². The average Bonchev–Trinajstić information content (AvgIpc) is 3.52. The number of rotatable bonds is 8. The zero-order valence-electron chi connectivity index (χ0n) is 18.3. The van der Waals surface area contributed by atoms with E-state index in [0.717, 1.165) is 17.5 Å². The number of nitrogens with zero attached hydrogens (tertiary/aromatic N) is 3. The Morgan fingerprint density at radius 3 is 2.72 bits per heavy atom. The van der Waals surface area contributed by atoms with Crippen LogP contribution >= 0.6 is 0 Å². The quantitative estimate of drug-likeness (QED) is 0.579. The fraction of sp³-hybridized carbons (Fsp3) is 0.333. The average molecular weight is 436 g/mol. The topological polar surface area (TPSA) is 86.2 Å². The van der Waals surface area contributed by atoms with E-state index in [1.165, 1.54) is 13.2 Å². The van der Waals surface area contributed by atoms with E-state index < -0.39 is 11.2 Å². The maximum absolute atomic E-state index is 13.8. The van der Waals surface area contributed by atoms with Crippen molar-refractivity contribution in [2.75, 3.05) is 19.0 Å². The van der Waals surface area contributed by atoms with E-state index >= 15 is 0 Å². The third-order valence-corrected chi connectivity index (χ3v) is 5.77. The Labute approximate surface area is 186 Å². The lowest BCUT2D eigenvalue weighted by Gasteiger charge is -2.19. The predicted molar refractivity (Wildman–Crippen MR) is 117 cm³/mol. The van der Waals surface area contributed by atoms with Crippen LogP contribution in [0.3, 0.4) is 0 Å². The number of hydrogen-bond acceptors (Lipinski definition) is 6. The molecule has 8 heteroatoms. The third-order valence-electron chi connectivity index (χ3n) is 5.77. The van der Waals surface area contributed by atoms with Crippen molar-refractivity contribution in [2.45, 2.75) is 32.3 Å². The summed E-state index contributed by atoms with van der Waals surface area (Å²) < 4.78 is 24.9. The van der Waals surface area contributed by atoms with Gasteiger partial charge in [0.25, 0.3) is 0 Å². The molecular weight excluding hydrogens is 411 g/mol. The Kier molecular flexibility index (Phi) is 6.14. The summed E-state index contributed by atoms with van der Waals surface area (Å²) in [5, 5.41) is 2.82. The normalized spacial score (nSPS) is 19.4. The highest BCUT2D eigenvalue weighted by molar-refractivity contribution is 5.95. The van der Waals surface area contributed by atoms with E-state index in [4.69, 9.17) is 9.47 Å². The van der Waals surface area contributed by atoms with E-state index in [-0.39, 0.29) is 18.4 Å². The molecule has 0 bridgehead atoms. The Bertz CT molecular complexity index is 1130. The molecule has 1 aliphatic rings. The van der Waals surface area contributed by atoms with E-state index in [2.05, 4.69) is 20.3 Å². The van der Waals surface area contributed by atoms with E-state index in [0.29, 0.717) is 36.0 Å². The zero-order valence-corrected chi connectivity index (χ0v) is 18.3. The lowest BCUT2D eigenvalue weighted by atomic mass is 9.93. The van der Waals surface area contributed by atoms with Gasteiger partial charge in [0.2, 0.25) is 5.91 Å². The van der Waals surface area contributed by atoms with Crippen LogP contribution in [-0.4, -0.2) is 34.6 Å². The molecule has 1 amide bonds. The van der Waals surface area contributed by atoms with Crippen molar-refractivity contribution in [2.24, 2.45) is 5.92 Å². The molecule has 1 N–H and O–H groups in total. The summed E-state index contributed by atoms with van der Waals surface area (Å²) in [5.41, 5.74) is 1.64. The second-order valence-corrected chi connectivity index (χ2v) is 8.02. The minimum absolute atomic E-state index is 0.0976. The van der Waals surface area contributed by atoms with Gasteiger partial charge in [-0.2, -0.15) is 0 Å². The second kappa shape index (κ2) is 9.00. The summed E-state index contributed by atoms with van der Waals surface area (Å²) in [6.45, 7) is 4.10. The number of carbonyl (C=O) groups excluding carboxylic acids is 1. The van der Waals surface area contributed by atoms with Crippen LogP contribution in [0.1, 0.15) is 29.1 Å². The number of ether oxygens (including phenoxy) is 2. The number of benzene rings is 1. The maximum atomic E-state index is 13.8. The Hall–Kier alpha value is -3.39. The first kappa shape index (κ1) is 21.8. The highest BCUT2D eigenvalue weighted by Crippen LogP contribution is 2.55. The van der Waals surface area contributed by atoms with Crippen molar-refractivity contribution in [1.82, 2.24) is 15.0 Å². The molecular formula is C24H25FN4O3. The highest BCUT2D eigenvalue weighted by atomic mass is 19.1. The second-order valence-electron chi connectivity index (χ2n) is 8.02. The Balaban J connectivity index is 1.53. The molecule has 0 radical (unpaired) electrons. The zero-order chi connectivity index (χ0) is 22.7. The van der Waals surface area contributed by atoms with Crippen LogP contribution in [0, 0.1) is 25.6 Å². The number of aryl methyl sites for hydroxylation is 2. The number of methoxy groups -OCH3 is 1. The van der Waals surface area contributed by atoms with Crippen LogP contribution in [0.25, 0.3) is 0 Å². The number of nitrogens with one attached hydrogen (secondary N) is 1. The highest BCUT2D eigenvalue weighted by Gasteiger charge is 2.60. The van der Waals surface area contributed by atoms with Crippen molar-refractivity contribution in [3.8, 4) is 5.75 Å². The van der Waals surface area contributed by atoms with Crippen LogP contribution < -0.4 is 10.1 Å². The van der Waals surface area contributed by atoms with Crippen LogP contribution in [0.15, 0.2) is 48.8 Å². The van der Waals surface area contributed by atoms with Gasteiger partial charge in [0.15, 0.2) is 5.75 Å². The minimum Gasteiger partial charge on any atom is -0.489 e. The monoisotopic (exact) mass is 436 g/mol. The minimum atomic E-state index is -0.474. The summed E-state index contributed by atoms with van der Waals surface area (Å²) in [5.74, 6) is 0.600. The number of pyridine rings is 1. The summed E-state index contributed by atoms with van der Waals surface area (Å²) in [7, 11) is 1.48. The fourth-order valence-electron chi connectivity index (χ4n) is 3.93. The van der Waals surface area contributed by atoms with Crippen LogP contribution in [0.2, 0.25) is 0 Å². The SMILES string of the molecule is COCc1cc(NC(=O)[C@@H]2C[C@@]2(COc2cnc(C)nc2C)c2ccccc2)ncc1F. The lowest BCUT2D eigenvalue weighted by Crippen LogP contribution is -2.27. The molecule has 0 aliphatic heterocycles. The molecule has 1 aliphatic carbocycles. The summed E-state index contributed by atoms with van der Waals surface area (Å²) in [6, 6.07) is 11.3. The molecule has 7 nitrogen and oxygen atoms in total. The van der Waals surface area contributed by atoms with Gasteiger partial charge in [0, 0.05) is 18.1 Å². The van der Waals surface area contributed by atoms with E-state index in [9.17, 15) is 9.18 Å². The van der Waals surface area contributed by atoms with Gasteiger partial charge in [-0.1, -0.05) is 30.3 Å². The third kappa shape index (κ3) is 4.45. The van der Waals surface area contributed by atoms with Gasteiger partial charge in [0.05, 0.1) is 37.2 Å². The molecule has 32 heavy (non-hydrogen) atoms. The first-order chi connectivity index (χ1) is 15.4. The number of anilines is 1. The van der Waals surface area contributed by atoms with Gasteiger partial charge in [-0.05, 0) is 31.9 Å². The maximum Gasteiger partial charge on any atom is 0.229 e. The van der Waals surface area contributed by atoms with Gasteiger partial charge in [-0.3, -0.25) is 4.79 Å². The number of aromatic nitrogens is 3. The van der Waals surface area contributed by atoms with Gasteiger partial charge < -0.3 is 14.8 Å². The van der Waals surface area contributed by atoms with E-state index in [1.54, 1.807) is 6.20 Å². The van der Waals surface area contributed by atoms with Gasteiger partial charge in [-0.25, -0.2) is 19.3 Å². The molecule has 1 aromatic carbocycles. The first-order valence-electron chi connectivity index (χ1n) is 10.4. The smallest absolute Gasteiger partial charge is 0.229 e. The van der Waals surface area contributed by atoms with Crippen LogP contribution in [-0.2, 0) is 21.6 Å². The van der Waals surface area contributed by atoms with Crippen molar-refractivity contribution in [1.29, 1.82) is 0 Å². The predicted octanol–water partition coefficient (Wildman–Crippen LogP) is 3.75. The molecule has 4 rings (SSSR count). The number of amides is 1. The van der Waals surface area contributed by atoms with Crippen molar-refractivity contribution < 1.29 is 18.7 Å². The molecule has 2 atom stereocenters. The molecule has 0 spiro atoms. The van der Waals surface area contributed by atoms with Gasteiger partial charge in [0.1, 0.15) is 17.5 Å². The number of carbonyl (C=O) groups is 1. The molecule has 166 valence electrons. The molecule has 0 unspecified atom stereocenters. The summed E-state index contributed by atoms with van der Waals surface area (Å²) >= 11 is 0. The molecule has 0 saturated heterocycles. The molecule has 1 saturated carbocycles. The summed E-state index contributed by atoms with van der Waals surface area (Å²) in [4.78, 5) is 25.6. The lowest BCUT2D eigenvalue weighted by molar-refractivity contribution is -0.117. The van der Waals surface area contributed by atoms with Crippen molar-refractivity contribution in [3.05, 3.63) is 77.3 Å². The van der Waals surface area contributed by atoms with Gasteiger partial charge in [-0.15, -0.1) is 0 Å². The first-order valence-corrected chi connectivity index (χ1v) is 10.4. The molecule has 2 aromatic heterocycles. The fourth-order valence-corrected chi connectivity index (χ4v) is 3.93. The largest absolute Gasteiger partial charge is 0.489 e. The molecule has 1 fully saturated rings. The number of halogens is 1.